The minimum atomic E-state index is -5.06. The van der Waals surface area contributed by atoms with Gasteiger partial charge >= 0.3 is 12.1 Å². The van der Waals surface area contributed by atoms with Crippen molar-refractivity contribution in [2.24, 2.45) is 0 Å². The molecule has 3 rings (SSSR count). The lowest BCUT2D eigenvalue weighted by Crippen LogP contribution is -2.46. The average Bonchev–Trinajstić information content (AvgIpc) is 2.72. The summed E-state index contributed by atoms with van der Waals surface area (Å²) in [5.74, 6) is -2.59. The van der Waals surface area contributed by atoms with Gasteiger partial charge in [-0.1, -0.05) is 48.3 Å². The average molecular weight is 486 g/mol. The van der Waals surface area contributed by atoms with Crippen molar-refractivity contribution in [2.75, 3.05) is 0 Å². The van der Waals surface area contributed by atoms with Crippen LogP contribution < -0.4 is 4.74 Å². The van der Waals surface area contributed by atoms with Crippen LogP contribution in [0.1, 0.15) is 34.3 Å². The first-order chi connectivity index (χ1) is 14.9. The summed E-state index contributed by atoms with van der Waals surface area (Å²) in [5, 5.41) is 19.8. The number of carboxylic acid groups (broad SMARTS) is 1. The van der Waals surface area contributed by atoms with Crippen molar-refractivity contribution < 1.29 is 32.9 Å². The smallest absolute Gasteiger partial charge is 0.422 e. The van der Waals surface area contributed by atoms with E-state index in [4.69, 9.17) is 27.9 Å². The molecule has 2 unspecified atom stereocenters. The van der Waals surface area contributed by atoms with Crippen LogP contribution in [0.2, 0.25) is 10.2 Å². The number of nitrogens with zero attached hydrogens (tertiary/aromatic N) is 1. The minimum Gasteiger partial charge on any atom is -0.478 e. The number of aromatic carboxylic acids is 1. The van der Waals surface area contributed by atoms with Gasteiger partial charge in [0, 0.05) is 17.1 Å². The highest BCUT2D eigenvalue weighted by atomic mass is 35.5. The second kappa shape index (κ2) is 8.97. The first-order valence-corrected chi connectivity index (χ1v) is 9.91. The molecule has 0 fully saturated rings. The standard InChI is InChI=1S/C22H16Cl2F3NO4/c1-12(21(31,22(25,26)27)13-8-9-28-19(24)10-13)15-7-6-14(11-17(15)23)32-18-5-3-2-4-16(18)20(29)30/h2-12,31H,1H3,(H,29,30). The van der Waals surface area contributed by atoms with Crippen LogP contribution in [-0.4, -0.2) is 27.3 Å². The molecule has 0 aliphatic heterocycles. The van der Waals surface area contributed by atoms with Crippen molar-refractivity contribution in [3.05, 3.63) is 87.7 Å². The van der Waals surface area contributed by atoms with E-state index in [0.717, 1.165) is 18.3 Å². The fourth-order valence-electron chi connectivity index (χ4n) is 3.31. The van der Waals surface area contributed by atoms with Crippen molar-refractivity contribution in [1.29, 1.82) is 0 Å². The maximum atomic E-state index is 14.0. The number of ether oxygens (including phenoxy) is 1. The van der Waals surface area contributed by atoms with Crippen LogP contribution >= 0.6 is 23.2 Å². The molecule has 2 aromatic carbocycles. The predicted molar refractivity (Wildman–Crippen MR) is 113 cm³/mol. The Bertz CT molecular complexity index is 1160. The number of benzene rings is 2. The molecule has 1 aromatic heterocycles. The summed E-state index contributed by atoms with van der Waals surface area (Å²) in [6, 6.07) is 11.7. The molecule has 0 aliphatic carbocycles. The number of carbonyl (C=O) groups is 1. The molecule has 2 atom stereocenters. The summed E-state index contributed by atoms with van der Waals surface area (Å²) in [6.45, 7) is 1.18. The highest BCUT2D eigenvalue weighted by Gasteiger charge is 2.59. The van der Waals surface area contributed by atoms with Crippen molar-refractivity contribution in [3.8, 4) is 11.5 Å². The Balaban J connectivity index is 2.00. The Hall–Kier alpha value is -2.81. The zero-order chi connectivity index (χ0) is 23.7. The van der Waals surface area contributed by atoms with Crippen LogP contribution in [0.15, 0.2) is 60.8 Å². The van der Waals surface area contributed by atoms with E-state index in [1.807, 2.05) is 0 Å². The minimum absolute atomic E-state index is 0.00158. The van der Waals surface area contributed by atoms with E-state index in [0.29, 0.717) is 0 Å². The molecule has 5 nitrogen and oxygen atoms in total. The Morgan fingerprint density at radius 2 is 1.78 bits per heavy atom. The maximum absolute atomic E-state index is 14.0. The van der Waals surface area contributed by atoms with Crippen molar-refractivity contribution >= 4 is 29.2 Å². The molecule has 0 aliphatic rings. The van der Waals surface area contributed by atoms with Crippen LogP contribution in [0, 0.1) is 0 Å². The second-order valence-corrected chi connectivity index (χ2v) is 7.73. The molecule has 168 valence electrons. The fraction of sp³-hybridized carbons (Fsp3) is 0.182. The van der Waals surface area contributed by atoms with Gasteiger partial charge in [-0.25, -0.2) is 9.78 Å². The number of alkyl halides is 3. The first kappa shape index (κ1) is 23.8. The normalized spacial score (nSPS) is 14.5. The summed E-state index contributed by atoms with van der Waals surface area (Å²) >= 11 is 12.0. The lowest BCUT2D eigenvalue weighted by atomic mass is 9.78. The third-order valence-electron chi connectivity index (χ3n) is 5.01. The third kappa shape index (κ3) is 4.53. The summed E-state index contributed by atoms with van der Waals surface area (Å²) < 4.78 is 47.7. The van der Waals surface area contributed by atoms with Gasteiger partial charge in [0.15, 0.2) is 5.60 Å². The zero-order valence-corrected chi connectivity index (χ0v) is 17.9. The number of para-hydroxylation sites is 1. The Kier molecular flexibility index (Phi) is 6.69. The molecule has 0 radical (unpaired) electrons. The van der Waals surface area contributed by atoms with Gasteiger partial charge in [0.1, 0.15) is 22.2 Å². The van der Waals surface area contributed by atoms with Gasteiger partial charge in [0.05, 0.1) is 0 Å². The highest BCUT2D eigenvalue weighted by Crippen LogP contribution is 2.50. The van der Waals surface area contributed by atoms with E-state index < -0.39 is 29.2 Å². The SMILES string of the molecule is CC(c1ccc(Oc2ccccc2C(=O)O)cc1Cl)C(O)(c1ccnc(Cl)c1)C(F)(F)F. The molecule has 10 heteroatoms. The van der Waals surface area contributed by atoms with Crippen molar-refractivity contribution in [2.45, 2.75) is 24.6 Å². The van der Waals surface area contributed by atoms with Crippen LogP contribution in [0.5, 0.6) is 11.5 Å². The summed E-state index contributed by atoms with van der Waals surface area (Å²) in [7, 11) is 0. The van der Waals surface area contributed by atoms with Crippen LogP contribution in [0.25, 0.3) is 0 Å². The molecular weight excluding hydrogens is 470 g/mol. The lowest BCUT2D eigenvalue weighted by molar-refractivity contribution is -0.274. The van der Waals surface area contributed by atoms with Crippen LogP contribution in [0.3, 0.4) is 0 Å². The first-order valence-electron chi connectivity index (χ1n) is 9.16. The molecule has 0 spiro atoms. The molecule has 2 N–H and O–H groups in total. The topological polar surface area (TPSA) is 79.7 Å². The van der Waals surface area contributed by atoms with E-state index in [1.165, 1.54) is 43.3 Å². The van der Waals surface area contributed by atoms with E-state index in [-0.39, 0.29) is 32.8 Å². The quantitative estimate of drug-likeness (QED) is 0.393. The summed E-state index contributed by atoms with van der Waals surface area (Å²) in [4.78, 5) is 15.0. The number of rotatable bonds is 6. The zero-order valence-electron chi connectivity index (χ0n) is 16.4. The molecule has 1 heterocycles. The summed E-state index contributed by atoms with van der Waals surface area (Å²) in [6.07, 6.45) is -3.99. The number of aromatic nitrogens is 1. The van der Waals surface area contributed by atoms with E-state index in [9.17, 15) is 28.2 Å². The van der Waals surface area contributed by atoms with E-state index in [2.05, 4.69) is 4.98 Å². The predicted octanol–water partition coefficient (Wildman–Crippen LogP) is 6.43. The van der Waals surface area contributed by atoms with Gasteiger partial charge in [0.2, 0.25) is 0 Å². The van der Waals surface area contributed by atoms with Gasteiger partial charge in [-0.2, -0.15) is 13.2 Å². The number of hydrogen-bond acceptors (Lipinski definition) is 4. The monoisotopic (exact) mass is 485 g/mol. The highest BCUT2D eigenvalue weighted by molar-refractivity contribution is 6.31. The largest absolute Gasteiger partial charge is 0.478 e. The molecule has 0 saturated heterocycles. The van der Waals surface area contributed by atoms with Gasteiger partial charge in [-0.3, -0.25) is 0 Å². The fourth-order valence-corrected chi connectivity index (χ4v) is 3.81. The summed E-state index contributed by atoms with van der Waals surface area (Å²) in [5.41, 5.74) is -3.88. The molecule has 0 bridgehead atoms. The Morgan fingerprint density at radius 1 is 1.09 bits per heavy atom. The van der Waals surface area contributed by atoms with Crippen molar-refractivity contribution in [3.63, 3.8) is 0 Å². The molecular formula is C22H16Cl2F3NO4. The van der Waals surface area contributed by atoms with Gasteiger partial charge in [0.25, 0.3) is 0 Å². The van der Waals surface area contributed by atoms with Crippen LogP contribution in [0.4, 0.5) is 13.2 Å². The molecule has 0 saturated carbocycles. The van der Waals surface area contributed by atoms with Crippen molar-refractivity contribution in [1.82, 2.24) is 4.98 Å². The number of pyridine rings is 1. The van der Waals surface area contributed by atoms with Gasteiger partial charge < -0.3 is 14.9 Å². The number of halogens is 5. The molecule has 0 amide bonds. The molecule has 32 heavy (non-hydrogen) atoms. The van der Waals surface area contributed by atoms with Crippen LogP contribution in [-0.2, 0) is 5.60 Å². The van der Waals surface area contributed by atoms with E-state index >= 15 is 0 Å². The molecule has 3 aromatic rings. The number of carboxylic acids is 1. The Morgan fingerprint density at radius 3 is 2.38 bits per heavy atom. The van der Waals surface area contributed by atoms with Gasteiger partial charge in [-0.15, -0.1) is 0 Å². The number of aliphatic hydroxyl groups is 1. The van der Waals surface area contributed by atoms with Gasteiger partial charge in [-0.05, 0) is 47.5 Å². The van der Waals surface area contributed by atoms with E-state index in [1.54, 1.807) is 6.07 Å². The number of hydrogen-bond donors (Lipinski definition) is 2. The lowest BCUT2D eigenvalue weighted by Gasteiger charge is -2.37. The Labute approximate surface area is 191 Å². The third-order valence-corrected chi connectivity index (χ3v) is 5.54. The maximum Gasteiger partial charge on any atom is 0.422 e. The second-order valence-electron chi connectivity index (χ2n) is 6.94.